The van der Waals surface area contributed by atoms with Gasteiger partial charge in [-0.2, -0.15) is 0 Å². The summed E-state index contributed by atoms with van der Waals surface area (Å²) in [4.78, 5) is 0. The molecule has 2 unspecified atom stereocenters. The third kappa shape index (κ3) is 2.48. The summed E-state index contributed by atoms with van der Waals surface area (Å²) in [6, 6.07) is 0. The molecule has 0 radical (unpaired) electrons. The largest absolute Gasteiger partial charge is 0.393 e. The summed E-state index contributed by atoms with van der Waals surface area (Å²) in [6.07, 6.45) is 11.7. The smallest absolute Gasteiger partial charge is 0.163 e. The second-order valence-corrected chi connectivity index (χ2v) is 10.5. The fourth-order valence-electron chi connectivity index (χ4n) is 8.24. The van der Waals surface area contributed by atoms with Crippen molar-refractivity contribution in [3.05, 3.63) is 0 Å². The first-order valence-electron chi connectivity index (χ1n) is 10.9. The second-order valence-electron chi connectivity index (χ2n) is 10.5. The molecule has 3 nitrogen and oxygen atoms in total. The molecular weight excluding hydrogens is 312 g/mol. The molecule has 0 aromatic rings. The van der Waals surface area contributed by atoms with E-state index < -0.39 is 0 Å². The molecule has 0 spiro atoms. The van der Waals surface area contributed by atoms with Crippen molar-refractivity contribution in [2.45, 2.75) is 84.0 Å². The van der Waals surface area contributed by atoms with Gasteiger partial charge in [-0.25, -0.2) is 0 Å². The second kappa shape index (κ2) is 5.94. The maximum atomic E-state index is 10.8. The lowest BCUT2D eigenvalue weighted by Gasteiger charge is -2.61. The lowest BCUT2D eigenvalue weighted by molar-refractivity contribution is -0.189. The van der Waals surface area contributed by atoms with Crippen molar-refractivity contribution in [2.24, 2.45) is 40.4 Å². The van der Waals surface area contributed by atoms with Gasteiger partial charge in [0, 0.05) is 5.92 Å². The molecule has 4 saturated carbocycles. The lowest BCUT2D eigenvalue weighted by Crippen LogP contribution is -2.56. The highest BCUT2D eigenvalue weighted by atomic mass is 16.7. The summed E-state index contributed by atoms with van der Waals surface area (Å²) in [6.45, 7) is 6.55. The van der Waals surface area contributed by atoms with Crippen LogP contribution in [0.2, 0.25) is 0 Å². The van der Waals surface area contributed by atoms with Gasteiger partial charge in [0.05, 0.1) is 19.3 Å². The van der Waals surface area contributed by atoms with E-state index in [9.17, 15) is 5.11 Å². The van der Waals surface area contributed by atoms with Crippen LogP contribution in [0.15, 0.2) is 0 Å². The van der Waals surface area contributed by atoms with Crippen LogP contribution in [0.3, 0.4) is 0 Å². The number of aliphatic hydroxyl groups excluding tert-OH is 1. The van der Waals surface area contributed by atoms with Crippen LogP contribution in [0, 0.1) is 40.4 Å². The predicted molar refractivity (Wildman–Crippen MR) is 96.9 cm³/mol. The Hall–Kier alpha value is -0.120. The molecule has 4 aliphatic carbocycles. The summed E-state index contributed by atoms with van der Waals surface area (Å²) in [5.41, 5.74) is 1.02. The Labute approximate surface area is 152 Å². The Morgan fingerprint density at radius 2 is 1.68 bits per heavy atom. The van der Waals surface area contributed by atoms with E-state index in [-0.39, 0.29) is 18.3 Å². The maximum Gasteiger partial charge on any atom is 0.163 e. The van der Waals surface area contributed by atoms with Gasteiger partial charge in [-0.1, -0.05) is 20.3 Å². The van der Waals surface area contributed by atoms with Crippen LogP contribution in [-0.4, -0.2) is 30.7 Å². The summed E-state index contributed by atoms with van der Waals surface area (Å²) >= 11 is 0. The number of ether oxygens (including phenoxy) is 2. The minimum absolute atomic E-state index is 0.159. The number of fused-ring (bicyclic) bond motifs is 5. The van der Waals surface area contributed by atoms with Gasteiger partial charge in [0.25, 0.3) is 0 Å². The van der Waals surface area contributed by atoms with Crippen LogP contribution in [0.4, 0.5) is 0 Å². The average Bonchev–Trinajstić information content (AvgIpc) is 3.23. The van der Waals surface area contributed by atoms with E-state index in [0.717, 1.165) is 30.6 Å². The summed E-state index contributed by atoms with van der Waals surface area (Å²) < 4.78 is 11.7. The molecule has 25 heavy (non-hydrogen) atoms. The molecule has 1 N–H and O–H groups in total. The Morgan fingerprint density at radius 3 is 2.48 bits per heavy atom. The first-order chi connectivity index (χ1) is 12.0. The minimum Gasteiger partial charge on any atom is -0.393 e. The molecule has 142 valence electrons. The fraction of sp³-hybridized carbons (Fsp3) is 1.00. The molecule has 0 bridgehead atoms. The van der Waals surface area contributed by atoms with Crippen LogP contribution >= 0.6 is 0 Å². The summed E-state index contributed by atoms with van der Waals surface area (Å²) in [5.74, 6) is 3.64. The van der Waals surface area contributed by atoms with E-state index in [1.165, 1.54) is 44.9 Å². The van der Waals surface area contributed by atoms with Gasteiger partial charge >= 0.3 is 0 Å². The molecule has 3 heteroatoms. The van der Waals surface area contributed by atoms with Crippen molar-refractivity contribution in [1.82, 2.24) is 0 Å². The van der Waals surface area contributed by atoms with Crippen LogP contribution in [-0.2, 0) is 9.47 Å². The third-order valence-corrected chi connectivity index (χ3v) is 9.54. The predicted octanol–water partition coefficient (Wildman–Crippen LogP) is 4.38. The first-order valence-corrected chi connectivity index (χ1v) is 10.9. The number of hydrogen-bond donors (Lipinski definition) is 1. The molecule has 0 aromatic heterocycles. The van der Waals surface area contributed by atoms with Crippen LogP contribution in [0.1, 0.15) is 71.6 Å². The maximum absolute atomic E-state index is 10.8. The SMILES string of the molecule is C[C@@]12CCC[C@H]1[C@@H]1CCC3C[C@@H](O)C(C4OCCO4)C[C@]3(C)[C@H]1CC2. The van der Waals surface area contributed by atoms with Crippen molar-refractivity contribution in [1.29, 1.82) is 0 Å². The lowest BCUT2D eigenvalue weighted by atomic mass is 9.44. The van der Waals surface area contributed by atoms with Gasteiger partial charge in [0.1, 0.15) is 0 Å². The highest BCUT2D eigenvalue weighted by Gasteiger charge is 2.59. The van der Waals surface area contributed by atoms with Crippen molar-refractivity contribution in [2.75, 3.05) is 13.2 Å². The normalized spacial score (nSPS) is 56.3. The third-order valence-electron chi connectivity index (χ3n) is 9.54. The molecule has 5 rings (SSSR count). The van der Waals surface area contributed by atoms with Gasteiger partial charge in [-0.15, -0.1) is 0 Å². The van der Waals surface area contributed by atoms with Crippen LogP contribution in [0.25, 0.3) is 0 Å². The molecule has 1 aliphatic heterocycles. The van der Waals surface area contributed by atoms with Gasteiger partial charge in [0.15, 0.2) is 6.29 Å². The van der Waals surface area contributed by atoms with E-state index in [1.807, 2.05) is 0 Å². The number of aliphatic hydroxyl groups is 1. The van der Waals surface area contributed by atoms with Crippen molar-refractivity contribution >= 4 is 0 Å². The Kier molecular flexibility index (Phi) is 4.04. The molecule has 8 atom stereocenters. The Morgan fingerprint density at radius 1 is 0.880 bits per heavy atom. The Bertz CT molecular complexity index is 515. The van der Waals surface area contributed by atoms with Crippen molar-refractivity contribution in [3.63, 3.8) is 0 Å². The molecular formula is C22H36O3. The number of hydrogen-bond acceptors (Lipinski definition) is 3. The standard InChI is InChI=1S/C22H36O3/c1-21-8-3-4-17(21)15-6-5-14-12-19(23)16(20-24-10-11-25-20)13-22(14,2)18(15)7-9-21/h14-20,23H,3-13H2,1-2H3/t14?,15-,16?,17-,18-,19+,21-,22-/m0/s1. The molecule has 5 fully saturated rings. The Balaban J connectivity index is 1.42. The highest BCUT2D eigenvalue weighted by molar-refractivity contribution is 5.08. The van der Waals surface area contributed by atoms with Gasteiger partial charge < -0.3 is 14.6 Å². The molecule has 0 amide bonds. The zero-order valence-electron chi connectivity index (χ0n) is 16.1. The zero-order chi connectivity index (χ0) is 17.2. The summed E-state index contributed by atoms with van der Waals surface area (Å²) in [5, 5.41) is 10.8. The average molecular weight is 349 g/mol. The van der Waals surface area contributed by atoms with Gasteiger partial charge in [0.2, 0.25) is 0 Å². The van der Waals surface area contributed by atoms with Gasteiger partial charge in [-0.3, -0.25) is 0 Å². The van der Waals surface area contributed by atoms with Crippen molar-refractivity contribution in [3.8, 4) is 0 Å². The van der Waals surface area contributed by atoms with E-state index >= 15 is 0 Å². The topological polar surface area (TPSA) is 38.7 Å². The molecule has 1 saturated heterocycles. The van der Waals surface area contributed by atoms with E-state index in [4.69, 9.17) is 9.47 Å². The monoisotopic (exact) mass is 348 g/mol. The van der Waals surface area contributed by atoms with Crippen LogP contribution in [0.5, 0.6) is 0 Å². The van der Waals surface area contributed by atoms with E-state index in [2.05, 4.69) is 13.8 Å². The van der Waals surface area contributed by atoms with E-state index in [1.54, 1.807) is 0 Å². The van der Waals surface area contributed by atoms with Crippen LogP contribution < -0.4 is 0 Å². The first kappa shape index (κ1) is 17.0. The van der Waals surface area contributed by atoms with Gasteiger partial charge in [-0.05, 0) is 85.9 Å². The quantitative estimate of drug-likeness (QED) is 0.764. The zero-order valence-corrected chi connectivity index (χ0v) is 16.1. The fourth-order valence-corrected chi connectivity index (χ4v) is 8.24. The molecule has 0 aromatic carbocycles. The van der Waals surface area contributed by atoms with Crippen molar-refractivity contribution < 1.29 is 14.6 Å². The molecule has 1 heterocycles. The van der Waals surface area contributed by atoms with E-state index in [0.29, 0.717) is 30.0 Å². The minimum atomic E-state index is -0.238. The molecule has 5 aliphatic rings. The number of rotatable bonds is 1. The summed E-state index contributed by atoms with van der Waals surface area (Å²) in [7, 11) is 0. The highest BCUT2D eigenvalue weighted by Crippen LogP contribution is 2.66.